The van der Waals surface area contributed by atoms with Gasteiger partial charge in [0.1, 0.15) is 5.69 Å². The highest BCUT2D eigenvalue weighted by atomic mass is 32.1. The Morgan fingerprint density at radius 1 is 1.44 bits per heavy atom. The van der Waals surface area contributed by atoms with Crippen molar-refractivity contribution in [3.63, 3.8) is 0 Å². The molecule has 1 aromatic carbocycles. The molecule has 18 heavy (non-hydrogen) atoms. The molecule has 2 heterocycles. The number of nitrogens with two attached hydrogens (primary N) is 1. The summed E-state index contributed by atoms with van der Waals surface area (Å²) in [6, 6.07) is 5.73. The van der Waals surface area contributed by atoms with Gasteiger partial charge in [-0.1, -0.05) is 6.07 Å². The molecule has 4 nitrogen and oxygen atoms in total. The number of aromatic nitrogens is 1. The minimum atomic E-state index is -0.0391. The molecule has 0 spiro atoms. The number of anilines is 2. The van der Waals surface area contributed by atoms with Gasteiger partial charge in [-0.2, -0.15) is 0 Å². The number of rotatable bonds is 1. The van der Waals surface area contributed by atoms with Crippen LogP contribution in [0.5, 0.6) is 0 Å². The summed E-state index contributed by atoms with van der Waals surface area (Å²) in [6.07, 6.45) is 1.87. The van der Waals surface area contributed by atoms with E-state index in [1.165, 1.54) is 11.3 Å². The van der Waals surface area contributed by atoms with Crippen LogP contribution in [0.25, 0.3) is 0 Å². The summed E-state index contributed by atoms with van der Waals surface area (Å²) in [6.45, 7) is 0.729. The van der Waals surface area contributed by atoms with Gasteiger partial charge >= 0.3 is 0 Å². The Morgan fingerprint density at radius 2 is 2.33 bits per heavy atom. The SMILES string of the molecule is Nc1cccc2c1CCCN2C(=O)c1cscn1. The Hall–Kier alpha value is -1.88. The summed E-state index contributed by atoms with van der Waals surface area (Å²) in [5.41, 5.74) is 10.9. The number of amides is 1. The van der Waals surface area contributed by atoms with E-state index >= 15 is 0 Å². The number of carbonyl (C=O) groups is 1. The van der Waals surface area contributed by atoms with Crippen LogP contribution in [-0.2, 0) is 6.42 Å². The maximum absolute atomic E-state index is 12.4. The molecule has 92 valence electrons. The van der Waals surface area contributed by atoms with E-state index in [4.69, 9.17) is 5.73 Å². The first-order valence-corrected chi connectivity index (χ1v) is 6.79. The fourth-order valence-corrected chi connectivity index (χ4v) is 2.84. The van der Waals surface area contributed by atoms with Gasteiger partial charge in [-0.15, -0.1) is 11.3 Å². The second-order valence-electron chi connectivity index (χ2n) is 4.28. The molecule has 1 amide bonds. The second kappa shape index (κ2) is 4.42. The van der Waals surface area contributed by atoms with Crippen LogP contribution in [0.2, 0.25) is 0 Å². The van der Waals surface area contributed by atoms with Crippen molar-refractivity contribution in [2.24, 2.45) is 0 Å². The molecule has 1 aliphatic heterocycles. The topological polar surface area (TPSA) is 59.2 Å². The highest BCUT2D eigenvalue weighted by Crippen LogP contribution is 2.32. The number of benzene rings is 1. The molecule has 0 aliphatic carbocycles. The van der Waals surface area contributed by atoms with Crippen LogP contribution in [0.3, 0.4) is 0 Å². The quantitative estimate of drug-likeness (QED) is 0.799. The van der Waals surface area contributed by atoms with E-state index in [9.17, 15) is 4.79 Å². The van der Waals surface area contributed by atoms with Gasteiger partial charge in [-0.3, -0.25) is 4.79 Å². The number of nitrogens with zero attached hydrogens (tertiary/aromatic N) is 2. The lowest BCUT2D eigenvalue weighted by Crippen LogP contribution is -2.35. The van der Waals surface area contributed by atoms with Crippen molar-refractivity contribution in [1.29, 1.82) is 0 Å². The van der Waals surface area contributed by atoms with Crippen LogP contribution in [0.4, 0.5) is 11.4 Å². The van der Waals surface area contributed by atoms with Crippen LogP contribution >= 0.6 is 11.3 Å². The van der Waals surface area contributed by atoms with Gasteiger partial charge < -0.3 is 10.6 Å². The van der Waals surface area contributed by atoms with Crippen molar-refractivity contribution in [1.82, 2.24) is 4.98 Å². The smallest absolute Gasteiger partial charge is 0.277 e. The Balaban J connectivity index is 2.02. The van der Waals surface area contributed by atoms with E-state index in [1.807, 2.05) is 18.2 Å². The maximum atomic E-state index is 12.4. The fraction of sp³-hybridized carbons (Fsp3) is 0.231. The zero-order valence-electron chi connectivity index (χ0n) is 9.80. The first-order chi connectivity index (χ1) is 8.77. The van der Waals surface area contributed by atoms with Crippen LogP contribution < -0.4 is 10.6 Å². The van der Waals surface area contributed by atoms with Crippen molar-refractivity contribution < 1.29 is 4.79 Å². The van der Waals surface area contributed by atoms with Gasteiger partial charge in [0.2, 0.25) is 0 Å². The summed E-state index contributed by atoms with van der Waals surface area (Å²) >= 11 is 1.43. The van der Waals surface area contributed by atoms with Crippen molar-refractivity contribution in [3.8, 4) is 0 Å². The lowest BCUT2D eigenvalue weighted by molar-refractivity contribution is 0.0981. The molecule has 0 saturated carbocycles. The molecule has 0 bridgehead atoms. The lowest BCUT2D eigenvalue weighted by Gasteiger charge is -2.29. The molecule has 0 saturated heterocycles. The van der Waals surface area contributed by atoms with E-state index in [-0.39, 0.29) is 5.91 Å². The molecule has 1 aromatic heterocycles. The van der Waals surface area contributed by atoms with E-state index < -0.39 is 0 Å². The van der Waals surface area contributed by atoms with Crippen molar-refractivity contribution in [3.05, 3.63) is 40.3 Å². The minimum Gasteiger partial charge on any atom is -0.398 e. The molecule has 2 aromatic rings. The Labute approximate surface area is 109 Å². The van der Waals surface area contributed by atoms with E-state index in [0.717, 1.165) is 36.3 Å². The average Bonchev–Trinajstić information content (AvgIpc) is 2.92. The molecule has 5 heteroatoms. The molecule has 0 unspecified atom stereocenters. The van der Waals surface area contributed by atoms with Gasteiger partial charge in [0.25, 0.3) is 5.91 Å². The molecule has 2 N–H and O–H groups in total. The standard InChI is InChI=1S/C13H13N3OS/c14-10-4-1-5-12-9(10)3-2-6-16(12)13(17)11-7-18-8-15-11/h1,4-5,7-8H,2-3,6,14H2. The second-order valence-corrected chi connectivity index (χ2v) is 5.00. The molecule has 0 radical (unpaired) electrons. The maximum Gasteiger partial charge on any atom is 0.277 e. The third kappa shape index (κ3) is 1.76. The number of fused-ring (bicyclic) bond motifs is 1. The van der Waals surface area contributed by atoms with E-state index in [1.54, 1.807) is 15.8 Å². The molecular formula is C13H13N3OS. The molecule has 3 rings (SSSR count). The van der Waals surface area contributed by atoms with Crippen LogP contribution in [-0.4, -0.2) is 17.4 Å². The number of nitrogen functional groups attached to an aromatic ring is 1. The minimum absolute atomic E-state index is 0.0391. The van der Waals surface area contributed by atoms with Crippen molar-refractivity contribution in [2.75, 3.05) is 17.2 Å². The van der Waals surface area contributed by atoms with Gasteiger partial charge in [0, 0.05) is 23.3 Å². The lowest BCUT2D eigenvalue weighted by atomic mass is 9.99. The first-order valence-electron chi connectivity index (χ1n) is 5.85. The van der Waals surface area contributed by atoms with Gasteiger partial charge in [-0.25, -0.2) is 4.98 Å². The first kappa shape index (κ1) is 11.2. The average molecular weight is 259 g/mol. The Kier molecular flexibility index (Phi) is 2.76. The molecule has 0 atom stereocenters. The van der Waals surface area contributed by atoms with E-state index in [0.29, 0.717) is 5.69 Å². The van der Waals surface area contributed by atoms with Gasteiger partial charge in [0.15, 0.2) is 0 Å². The predicted octanol–water partition coefficient (Wildman–Crippen LogP) is 2.32. The molecule has 1 aliphatic rings. The molecular weight excluding hydrogens is 246 g/mol. The number of thiazole rings is 1. The van der Waals surface area contributed by atoms with E-state index in [2.05, 4.69) is 4.98 Å². The zero-order valence-corrected chi connectivity index (χ0v) is 10.6. The molecule has 0 fully saturated rings. The number of hydrogen-bond acceptors (Lipinski definition) is 4. The highest BCUT2D eigenvalue weighted by molar-refractivity contribution is 7.07. The van der Waals surface area contributed by atoms with Crippen molar-refractivity contribution >= 4 is 28.6 Å². The normalized spacial score (nSPS) is 14.3. The zero-order chi connectivity index (χ0) is 12.5. The summed E-state index contributed by atoms with van der Waals surface area (Å²) in [5.74, 6) is -0.0391. The van der Waals surface area contributed by atoms with Crippen LogP contribution in [0.15, 0.2) is 29.1 Å². The van der Waals surface area contributed by atoms with Gasteiger partial charge in [0.05, 0.1) is 5.51 Å². The number of hydrogen-bond donors (Lipinski definition) is 1. The summed E-state index contributed by atoms with van der Waals surface area (Å²) in [4.78, 5) is 18.2. The third-order valence-electron chi connectivity index (χ3n) is 3.18. The summed E-state index contributed by atoms with van der Waals surface area (Å²) < 4.78 is 0. The Morgan fingerprint density at radius 3 is 3.11 bits per heavy atom. The van der Waals surface area contributed by atoms with Crippen molar-refractivity contribution in [2.45, 2.75) is 12.8 Å². The van der Waals surface area contributed by atoms with Gasteiger partial charge in [-0.05, 0) is 30.5 Å². The monoisotopic (exact) mass is 259 g/mol. The fourth-order valence-electron chi connectivity index (χ4n) is 2.32. The Bertz CT molecular complexity index is 580. The predicted molar refractivity (Wildman–Crippen MR) is 73.0 cm³/mol. The number of carbonyl (C=O) groups excluding carboxylic acids is 1. The third-order valence-corrected chi connectivity index (χ3v) is 3.77. The van der Waals surface area contributed by atoms with Crippen LogP contribution in [0.1, 0.15) is 22.5 Å². The highest BCUT2D eigenvalue weighted by Gasteiger charge is 2.25. The summed E-state index contributed by atoms with van der Waals surface area (Å²) in [5, 5.41) is 1.78. The summed E-state index contributed by atoms with van der Waals surface area (Å²) in [7, 11) is 0. The largest absolute Gasteiger partial charge is 0.398 e. The van der Waals surface area contributed by atoms with Crippen LogP contribution in [0, 0.1) is 0 Å².